The van der Waals surface area contributed by atoms with Crippen molar-refractivity contribution in [3.8, 4) is 0 Å². The predicted octanol–water partition coefficient (Wildman–Crippen LogP) is 2.39. The molecule has 19 heavy (non-hydrogen) atoms. The van der Waals surface area contributed by atoms with Crippen LogP contribution in [0.4, 0.5) is 0 Å². The summed E-state index contributed by atoms with van der Waals surface area (Å²) >= 11 is 1.71. The molecular formula is C14H19NO3S. The highest BCUT2D eigenvalue weighted by Crippen LogP contribution is 2.30. The lowest BCUT2D eigenvalue weighted by Crippen LogP contribution is -2.34. The number of thiophene rings is 1. The van der Waals surface area contributed by atoms with E-state index in [0.29, 0.717) is 25.9 Å². The van der Waals surface area contributed by atoms with Crippen molar-refractivity contribution in [3.05, 3.63) is 22.4 Å². The van der Waals surface area contributed by atoms with E-state index in [1.165, 1.54) is 4.88 Å². The molecule has 1 saturated heterocycles. The summed E-state index contributed by atoms with van der Waals surface area (Å²) < 4.78 is 0. The molecule has 1 N–H and O–H groups in total. The first-order chi connectivity index (χ1) is 9.01. The molecule has 2 heterocycles. The molecule has 1 fully saturated rings. The standard InChI is InChI=1S/C14H19NO3S/c1-14(13(17)18)7-8-15(10-14)12(16)6-2-4-11-5-3-9-19-11/h3,5,9H,2,4,6-8,10H2,1H3,(H,17,18)/t14-/m1/s1. The summed E-state index contributed by atoms with van der Waals surface area (Å²) in [5.74, 6) is -0.720. The van der Waals surface area contributed by atoms with Crippen LogP contribution in [-0.2, 0) is 16.0 Å². The van der Waals surface area contributed by atoms with E-state index in [1.54, 1.807) is 23.2 Å². The van der Waals surface area contributed by atoms with Crippen LogP contribution in [0, 0.1) is 5.41 Å². The first-order valence-corrected chi connectivity index (χ1v) is 7.43. The number of aryl methyl sites for hydroxylation is 1. The van der Waals surface area contributed by atoms with Crippen molar-refractivity contribution in [1.82, 2.24) is 4.90 Å². The smallest absolute Gasteiger partial charge is 0.311 e. The van der Waals surface area contributed by atoms with Gasteiger partial charge in [-0.25, -0.2) is 0 Å². The Morgan fingerprint density at radius 1 is 1.53 bits per heavy atom. The Kier molecular flexibility index (Phi) is 4.24. The fourth-order valence-corrected chi connectivity index (χ4v) is 3.13. The average molecular weight is 281 g/mol. The van der Waals surface area contributed by atoms with Gasteiger partial charge in [0.05, 0.1) is 5.41 Å². The molecule has 0 aromatic carbocycles. The fraction of sp³-hybridized carbons (Fsp3) is 0.571. The van der Waals surface area contributed by atoms with E-state index in [0.717, 1.165) is 12.8 Å². The summed E-state index contributed by atoms with van der Waals surface area (Å²) in [4.78, 5) is 26.1. The van der Waals surface area contributed by atoms with Gasteiger partial charge >= 0.3 is 5.97 Å². The molecule has 0 unspecified atom stereocenters. The molecule has 0 spiro atoms. The highest BCUT2D eigenvalue weighted by molar-refractivity contribution is 7.09. The summed E-state index contributed by atoms with van der Waals surface area (Å²) in [6, 6.07) is 4.09. The number of amides is 1. The van der Waals surface area contributed by atoms with E-state index in [1.807, 2.05) is 11.4 Å². The van der Waals surface area contributed by atoms with E-state index in [2.05, 4.69) is 6.07 Å². The largest absolute Gasteiger partial charge is 0.481 e. The van der Waals surface area contributed by atoms with Crippen molar-refractivity contribution in [1.29, 1.82) is 0 Å². The van der Waals surface area contributed by atoms with Crippen molar-refractivity contribution in [2.24, 2.45) is 5.41 Å². The van der Waals surface area contributed by atoms with E-state index >= 15 is 0 Å². The third kappa shape index (κ3) is 3.35. The summed E-state index contributed by atoms with van der Waals surface area (Å²) in [7, 11) is 0. The summed E-state index contributed by atoms with van der Waals surface area (Å²) in [6.45, 7) is 2.63. The molecule has 5 heteroatoms. The van der Waals surface area contributed by atoms with E-state index < -0.39 is 11.4 Å². The molecule has 1 atom stereocenters. The molecule has 1 aromatic rings. The fourth-order valence-electron chi connectivity index (χ4n) is 2.38. The number of hydrogen-bond donors (Lipinski definition) is 1. The third-order valence-electron chi connectivity index (χ3n) is 3.74. The van der Waals surface area contributed by atoms with Crippen LogP contribution in [0.5, 0.6) is 0 Å². The minimum atomic E-state index is -0.804. The highest BCUT2D eigenvalue weighted by Gasteiger charge is 2.41. The van der Waals surface area contributed by atoms with Gasteiger partial charge in [-0.1, -0.05) is 6.07 Å². The minimum absolute atomic E-state index is 0.0848. The van der Waals surface area contributed by atoms with Gasteiger partial charge in [0, 0.05) is 24.4 Å². The molecule has 4 nitrogen and oxygen atoms in total. The second-order valence-electron chi connectivity index (χ2n) is 5.36. The second-order valence-corrected chi connectivity index (χ2v) is 6.40. The quantitative estimate of drug-likeness (QED) is 0.901. The molecule has 1 aromatic heterocycles. The maximum Gasteiger partial charge on any atom is 0.311 e. The zero-order valence-corrected chi connectivity index (χ0v) is 11.9. The van der Waals surface area contributed by atoms with Gasteiger partial charge in [0.15, 0.2) is 0 Å². The van der Waals surface area contributed by atoms with Gasteiger partial charge < -0.3 is 10.0 Å². The lowest BCUT2D eigenvalue weighted by Gasteiger charge is -2.20. The van der Waals surface area contributed by atoms with Crippen molar-refractivity contribution in [2.75, 3.05) is 13.1 Å². The molecule has 0 radical (unpaired) electrons. The van der Waals surface area contributed by atoms with Crippen LogP contribution < -0.4 is 0 Å². The number of likely N-dealkylation sites (tertiary alicyclic amines) is 1. The van der Waals surface area contributed by atoms with Gasteiger partial charge in [0.25, 0.3) is 0 Å². The van der Waals surface area contributed by atoms with Crippen LogP contribution in [0.15, 0.2) is 17.5 Å². The maximum atomic E-state index is 12.0. The number of carbonyl (C=O) groups excluding carboxylic acids is 1. The topological polar surface area (TPSA) is 57.6 Å². The third-order valence-corrected chi connectivity index (χ3v) is 4.67. The van der Waals surface area contributed by atoms with E-state index in [4.69, 9.17) is 5.11 Å². The SMILES string of the molecule is C[C@@]1(C(=O)O)CCN(C(=O)CCCc2cccs2)C1. The first kappa shape index (κ1) is 14.1. The Morgan fingerprint density at radius 3 is 2.89 bits per heavy atom. The molecule has 0 aliphatic carbocycles. The average Bonchev–Trinajstić information content (AvgIpc) is 2.99. The highest BCUT2D eigenvalue weighted by atomic mass is 32.1. The number of hydrogen-bond acceptors (Lipinski definition) is 3. The molecule has 104 valence electrons. The molecule has 0 saturated carbocycles. The van der Waals surface area contributed by atoms with Crippen molar-refractivity contribution >= 4 is 23.2 Å². The zero-order valence-electron chi connectivity index (χ0n) is 11.1. The number of nitrogens with zero attached hydrogens (tertiary/aromatic N) is 1. The minimum Gasteiger partial charge on any atom is -0.481 e. The van der Waals surface area contributed by atoms with Crippen molar-refractivity contribution in [3.63, 3.8) is 0 Å². The number of carbonyl (C=O) groups is 2. The van der Waals surface area contributed by atoms with Gasteiger partial charge in [-0.15, -0.1) is 11.3 Å². The van der Waals surface area contributed by atoms with Gasteiger partial charge in [0.2, 0.25) is 5.91 Å². The Morgan fingerprint density at radius 2 is 2.32 bits per heavy atom. The zero-order chi connectivity index (χ0) is 13.9. The van der Waals surface area contributed by atoms with Gasteiger partial charge in [-0.05, 0) is 37.6 Å². The maximum absolute atomic E-state index is 12.0. The number of carboxylic acids is 1. The van der Waals surface area contributed by atoms with Crippen LogP contribution in [0.1, 0.15) is 31.1 Å². The lowest BCUT2D eigenvalue weighted by molar-refractivity contribution is -0.147. The predicted molar refractivity (Wildman–Crippen MR) is 74.2 cm³/mol. The lowest BCUT2D eigenvalue weighted by atomic mass is 9.90. The number of aliphatic carboxylic acids is 1. The van der Waals surface area contributed by atoms with E-state index in [-0.39, 0.29) is 5.91 Å². The first-order valence-electron chi connectivity index (χ1n) is 6.55. The Hall–Kier alpha value is -1.36. The number of rotatable bonds is 5. The Labute approximate surface area is 117 Å². The Balaban J connectivity index is 1.77. The summed E-state index contributed by atoms with van der Waals surface area (Å²) in [6.07, 6.45) is 2.82. The van der Waals surface area contributed by atoms with Gasteiger partial charge in [-0.2, -0.15) is 0 Å². The summed E-state index contributed by atoms with van der Waals surface area (Å²) in [5, 5.41) is 11.2. The summed E-state index contributed by atoms with van der Waals surface area (Å²) in [5.41, 5.74) is -0.761. The van der Waals surface area contributed by atoms with Crippen LogP contribution in [0.25, 0.3) is 0 Å². The van der Waals surface area contributed by atoms with Crippen molar-refractivity contribution in [2.45, 2.75) is 32.6 Å². The van der Waals surface area contributed by atoms with Gasteiger partial charge in [-0.3, -0.25) is 9.59 Å². The van der Waals surface area contributed by atoms with Crippen molar-refractivity contribution < 1.29 is 14.7 Å². The van der Waals surface area contributed by atoms with Gasteiger partial charge in [0.1, 0.15) is 0 Å². The Bertz CT molecular complexity index is 457. The van der Waals surface area contributed by atoms with Crippen LogP contribution in [-0.4, -0.2) is 35.0 Å². The molecule has 1 aliphatic rings. The normalized spacial score (nSPS) is 22.7. The molecule has 1 aliphatic heterocycles. The van der Waals surface area contributed by atoms with Crippen LogP contribution in [0.2, 0.25) is 0 Å². The van der Waals surface area contributed by atoms with Crippen LogP contribution >= 0.6 is 11.3 Å². The van der Waals surface area contributed by atoms with Crippen LogP contribution in [0.3, 0.4) is 0 Å². The van der Waals surface area contributed by atoms with E-state index in [9.17, 15) is 9.59 Å². The number of carboxylic acid groups (broad SMARTS) is 1. The molecular weight excluding hydrogens is 262 g/mol. The molecule has 0 bridgehead atoms. The molecule has 1 amide bonds. The monoisotopic (exact) mass is 281 g/mol. The second kappa shape index (κ2) is 5.74. The molecule has 2 rings (SSSR count).